The topological polar surface area (TPSA) is 73.9 Å². The molecule has 0 aromatic heterocycles. The number of fused-ring (bicyclic) bond motifs is 1. The average molecular weight is 411 g/mol. The van der Waals surface area contributed by atoms with E-state index in [-0.39, 0.29) is 17.9 Å². The fourth-order valence-electron chi connectivity index (χ4n) is 5.34. The molecule has 2 unspecified atom stereocenters. The molecule has 2 amide bonds. The van der Waals surface area contributed by atoms with Gasteiger partial charge < -0.3 is 14.5 Å². The first kappa shape index (κ1) is 19.7. The Bertz CT molecular complexity index is 910. The summed E-state index contributed by atoms with van der Waals surface area (Å²) in [6.07, 6.45) is 4.63. The molecule has 0 saturated carbocycles. The number of ether oxygens (including phenoxy) is 1. The first-order chi connectivity index (χ1) is 14.4. The molecule has 4 aliphatic rings. The summed E-state index contributed by atoms with van der Waals surface area (Å²) < 4.78 is 6.28. The fourth-order valence-corrected chi connectivity index (χ4v) is 5.34. The maximum atomic E-state index is 13.5. The fraction of sp³-hybridized carbons (Fsp3) is 0.565. The molecule has 3 fully saturated rings. The van der Waals surface area contributed by atoms with Gasteiger partial charge in [0, 0.05) is 32.4 Å². The predicted molar refractivity (Wildman–Crippen MR) is 114 cm³/mol. The minimum atomic E-state index is -0.680. The number of hydrazine groups is 1. The van der Waals surface area contributed by atoms with Crippen molar-refractivity contribution >= 4 is 17.5 Å². The Morgan fingerprint density at radius 1 is 1.27 bits per heavy atom. The number of nitrogens with one attached hydrogen (secondary N) is 2. The predicted octanol–water partition coefficient (Wildman–Crippen LogP) is 1.16. The molecule has 2 N–H and O–H groups in total. The summed E-state index contributed by atoms with van der Waals surface area (Å²) in [5, 5.41) is 0. The lowest BCUT2D eigenvalue weighted by Gasteiger charge is -2.28. The van der Waals surface area contributed by atoms with E-state index in [1.54, 1.807) is 9.80 Å². The quantitative estimate of drug-likeness (QED) is 0.713. The molecule has 2 bridgehead atoms. The van der Waals surface area contributed by atoms with Gasteiger partial charge in [0.15, 0.2) is 0 Å². The number of nitrogens with zero attached hydrogens (tertiary/aromatic N) is 2. The molecule has 3 saturated heterocycles. The van der Waals surface area contributed by atoms with Crippen LogP contribution < -0.4 is 15.8 Å². The van der Waals surface area contributed by atoms with Crippen LogP contribution in [0.4, 0.5) is 5.69 Å². The summed E-state index contributed by atoms with van der Waals surface area (Å²) >= 11 is 0. The van der Waals surface area contributed by atoms with Crippen LogP contribution in [0, 0.1) is 31.6 Å². The van der Waals surface area contributed by atoms with Gasteiger partial charge in [-0.15, -0.1) is 0 Å². The molecule has 0 radical (unpaired) electrons. The molecule has 1 aromatic rings. The molecule has 4 aliphatic heterocycles. The second-order valence-corrected chi connectivity index (χ2v) is 9.27. The van der Waals surface area contributed by atoms with Crippen LogP contribution in [0.25, 0.3) is 0 Å². The van der Waals surface area contributed by atoms with Gasteiger partial charge in [-0.3, -0.25) is 20.4 Å². The normalized spacial score (nSPS) is 32.3. The minimum absolute atomic E-state index is 0.000968. The van der Waals surface area contributed by atoms with Gasteiger partial charge in [0.2, 0.25) is 11.8 Å². The van der Waals surface area contributed by atoms with Crippen molar-refractivity contribution in [2.75, 3.05) is 38.1 Å². The zero-order valence-corrected chi connectivity index (χ0v) is 17.9. The van der Waals surface area contributed by atoms with Gasteiger partial charge >= 0.3 is 0 Å². The number of anilines is 1. The highest BCUT2D eigenvalue weighted by molar-refractivity contribution is 6.03. The van der Waals surface area contributed by atoms with Crippen LogP contribution in [0.15, 0.2) is 30.4 Å². The Morgan fingerprint density at radius 2 is 2.03 bits per heavy atom. The number of carbonyl (C=O) groups is 2. The van der Waals surface area contributed by atoms with Crippen LogP contribution in [0.1, 0.15) is 17.5 Å². The standard InChI is InChI=1S/C23H30N4O3/c1-14-4-5-17(10-15(14)2)27-13-23-8-6-18(30-23)19(20(23)22(27)29)21(28)26(3)9-7-16-11-24-25-12-16/h4-6,8,10,16,18-20,24-25H,7,9,11-13H2,1-3H3/t18-,19?,20?,23-/m1/s1. The Labute approximate surface area is 177 Å². The van der Waals surface area contributed by atoms with Crippen LogP contribution in [-0.4, -0.2) is 61.6 Å². The molecule has 7 nitrogen and oxygen atoms in total. The van der Waals surface area contributed by atoms with Crippen LogP contribution in [0.5, 0.6) is 0 Å². The molecule has 160 valence electrons. The highest BCUT2D eigenvalue weighted by Crippen LogP contribution is 2.53. The van der Waals surface area contributed by atoms with Crippen molar-refractivity contribution in [3.63, 3.8) is 0 Å². The lowest BCUT2D eigenvalue weighted by atomic mass is 9.76. The summed E-state index contributed by atoms with van der Waals surface area (Å²) in [5.74, 6) is -0.342. The molecule has 5 rings (SSSR count). The lowest BCUT2D eigenvalue weighted by Crippen LogP contribution is -2.45. The minimum Gasteiger partial charge on any atom is -0.360 e. The first-order valence-electron chi connectivity index (χ1n) is 10.9. The molecule has 4 atom stereocenters. The van der Waals surface area contributed by atoms with Crippen LogP contribution in [0.2, 0.25) is 0 Å². The molecular formula is C23H30N4O3. The van der Waals surface area contributed by atoms with E-state index in [1.165, 1.54) is 5.56 Å². The SMILES string of the molecule is Cc1ccc(N2C[C@@]34C=C[C@@H](O3)C(C(=O)N(C)CCC3CNNC3)C4C2=O)cc1C. The molecule has 0 aliphatic carbocycles. The van der Waals surface area contributed by atoms with Gasteiger partial charge in [-0.05, 0) is 49.4 Å². The van der Waals surface area contributed by atoms with Crippen molar-refractivity contribution in [3.8, 4) is 0 Å². The van der Waals surface area contributed by atoms with E-state index in [4.69, 9.17) is 4.74 Å². The summed E-state index contributed by atoms with van der Waals surface area (Å²) in [4.78, 5) is 30.5. The summed E-state index contributed by atoms with van der Waals surface area (Å²) in [5.41, 5.74) is 8.82. The van der Waals surface area contributed by atoms with Gasteiger partial charge in [-0.25, -0.2) is 0 Å². The van der Waals surface area contributed by atoms with E-state index in [9.17, 15) is 9.59 Å². The number of benzene rings is 1. The van der Waals surface area contributed by atoms with Crippen molar-refractivity contribution in [1.82, 2.24) is 15.8 Å². The Balaban J connectivity index is 1.35. The maximum Gasteiger partial charge on any atom is 0.234 e. The molecule has 7 heteroatoms. The molecule has 1 aromatic carbocycles. The third-order valence-corrected chi connectivity index (χ3v) is 7.34. The van der Waals surface area contributed by atoms with Crippen molar-refractivity contribution in [2.24, 2.45) is 17.8 Å². The average Bonchev–Trinajstić information content (AvgIpc) is 3.50. The van der Waals surface area contributed by atoms with Crippen molar-refractivity contribution in [1.29, 1.82) is 0 Å². The smallest absolute Gasteiger partial charge is 0.234 e. The zero-order valence-electron chi connectivity index (χ0n) is 17.9. The number of hydrogen-bond acceptors (Lipinski definition) is 5. The maximum absolute atomic E-state index is 13.5. The Hall–Kier alpha value is -2.22. The van der Waals surface area contributed by atoms with E-state index >= 15 is 0 Å². The first-order valence-corrected chi connectivity index (χ1v) is 10.9. The van der Waals surface area contributed by atoms with E-state index in [0.717, 1.165) is 30.8 Å². The second-order valence-electron chi connectivity index (χ2n) is 9.27. The monoisotopic (exact) mass is 410 g/mol. The van der Waals surface area contributed by atoms with Gasteiger partial charge in [0.25, 0.3) is 0 Å². The van der Waals surface area contributed by atoms with Crippen LogP contribution in [-0.2, 0) is 14.3 Å². The van der Waals surface area contributed by atoms with E-state index < -0.39 is 17.4 Å². The van der Waals surface area contributed by atoms with E-state index in [0.29, 0.717) is 19.0 Å². The summed E-state index contributed by atoms with van der Waals surface area (Å²) in [6.45, 7) is 7.13. The highest BCUT2D eigenvalue weighted by Gasteiger charge is 2.67. The van der Waals surface area contributed by atoms with Gasteiger partial charge in [0.05, 0.1) is 24.5 Å². The van der Waals surface area contributed by atoms with Crippen molar-refractivity contribution in [2.45, 2.75) is 32.0 Å². The van der Waals surface area contributed by atoms with E-state index in [1.807, 2.05) is 37.4 Å². The number of carbonyl (C=O) groups excluding carboxylic acids is 2. The molecule has 1 spiro atoms. The zero-order chi connectivity index (χ0) is 21.0. The summed E-state index contributed by atoms with van der Waals surface area (Å²) in [6, 6.07) is 6.08. The van der Waals surface area contributed by atoms with Crippen molar-refractivity contribution < 1.29 is 14.3 Å². The molecule has 4 heterocycles. The van der Waals surface area contributed by atoms with Gasteiger partial charge in [0.1, 0.15) is 5.60 Å². The summed E-state index contributed by atoms with van der Waals surface area (Å²) in [7, 11) is 1.85. The Morgan fingerprint density at radius 3 is 2.77 bits per heavy atom. The Kier molecular flexibility index (Phi) is 4.72. The third kappa shape index (κ3) is 2.99. The number of hydrogen-bond donors (Lipinski definition) is 2. The number of rotatable bonds is 5. The van der Waals surface area contributed by atoms with Crippen LogP contribution in [0.3, 0.4) is 0 Å². The number of amides is 2. The van der Waals surface area contributed by atoms with Gasteiger partial charge in [-0.2, -0.15) is 0 Å². The largest absolute Gasteiger partial charge is 0.360 e. The van der Waals surface area contributed by atoms with Gasteiger partial charge in [-0.1, -0.05) is 18.2 Å². The molecular weight excluding hydrogens is 380 g/mol. The third-order valence-electron chi connectivity index (χ3n) is 7.34. The highest BCUT2D eigenvalue weighted by atomic mass is 16.5. The van der Waals surface area contributed by atoms with Crippen LogP contribution >= 0.6 is 0 Å². The second kappa shape index (κ2) is 7.18. The van der Waals surface area contributed by atoms with E-state index in [2.05, 4.69) is 24.7 Å². The lowest BCUT2D eigenvalue weighted by molar-refractivity contribution is -0.139. The molecule has 30 heavy (non-hydrogen) atoms. The number of aryl methyl sites for hydroxylation is 2. The van der Waals surface area contributed by atoms with Crippen molar-refractivity contribution in [3.05, 3.63) is 41.5 Å².